The molecule has 2 rings (SSSR count). The number of thioether (sulfide) groups is 1. The number of nitrogens with zero attached hydrogens (tertiary/aromatic N) is 1. The van der Waals surface area contributed by atoms with E-state index >= 15 is 0 Å². The summed E-state index contributed by atoms with van der Waals surface area (Å²) in [7, 11) is 0. The van der Waals surface area contributed by atoms with Crippen LogP contribution in [0.15, 0.2) is 0 Å². The average Bonchev–Trinajstić information content (AvgIpc) is 2.90. The predicted molar refractivity (Wildman–Crippen MR) is 64.7 cm³/mol. The number of hydrogen-bond donors (Lipinski definition) is 2. The van der Waals surface area contributed by atoms with E-state index in [-0.39, 0.29) is 24.4 Å². The van der Waals surface area contributed by atoms with E-state index < -0.39 is 0 Å². The van der Waals surface area contributed by atoms with Crippen LogP contribution < -0.4 is 10.6 Å². The van der Waals surface area contributed by atoms with Gasteiger partial charge in [0.1, 0.15) is 0 Å². The van der Waals surface area contributed by atoms with E-state index in [2.05, 4.69) is 10.6 Å². The van der Waals surface area contributed by atoms with Gasteiger partial charge in [-0.1, -0.05) is 0 Å². The van der Waals surface area contributed by atoms with Gasteiger partial charge in [0, 0.05) is 24.7 Å². The number of amides is 2. The molecule has 2 N–H and O–H groups in total. The minimum atomic E-state index is -0.155. The van der Waals surface area contributed by atoms with Crippen molar-refractivity contribution in [3.05, 3.63) is 0 Å². The zero-order chi connectivity index (χ0) is 12.1. The van der Waals surface area contributed by atoms with Crippen LogP contribution in [0, 0.1) is 0 Å². The van der Waals surface area contributed by atoms with Crippen molar-refractivity contribution in [2.75, 3.05) is 44.5 Å². The Hall–Kier alpha value is -0.790. The van der Waals surface area contributed by atoms with Crippen LogP contribution in [-0.2, 0) is 14.3 Å². The standard InChI is InChI=1S/C10H17N3O3S/c14-9(13-1-3-16-4-2-13)5-11-10(15)8-6-17-7-12-8/h8,12H,1-7H2,(H,11,15). The molecule has 0 aromatic rings. The lowest BCUT2D eigenvalue weighted by Crippen LogP contribution is -2.49. The number of hydrogen-bond acceptors (Lipinski definition) is 5. The summed E-state index contributed by atoms with van der Waals surface area (Å²) >= 11 is 1.69. The highest BCUT2D eigenvalue weighted by molar-refractivity contribution is 7.99. The summed E-state index contributed by atoms with van der Waals surface area (Å²) in [6.45, 7) is 2.49. The molecule has 0 aliphatic carbocycles. The summed E-state index contributed by atoms with van der Waals surface area (Å²) in [5.41, 5.74) is 0. The molecule has 7 heteroatoms. The predicted octanol–water partition coefficient (Wildman–Crippen LogP) is -1.38. The third kappa shape index (κ3) is 3.58. The fourth-order valence-corrected chi connectivity index (χ4v) is 2.72. The molecular weight excluding hydrogens is 242 g/mol. The summed E-state index contributed by atoms with van der Waals surface area (Å²) in [6, 6.07) is -0.155. The molecule has 0 spiro atoms. The Kier molecular flexibility index (Phi) is 4.64. The molecule has 1 unspecified atom stereocenters. The van der Waals surface area contributed by atoms with Gasteiger partial charge in [0.05, 0.1) is 25.8 Å². The lowest BCUT2D eigenvalue weighted by Gasteiger charge is -2.27. The summed E-state index contributed by atoms with van der Waals surface area (Å²) in [5.74, 6) is 1.46. The SMILES string of the molecule is O=C(NCC(=O)N1CCOCC1)C1CSCN1. The molecule has 0 bridgehead atoms. The minimum absolute atomic E-state index is 0.0349. The Labute approximate surface area is 104 Å². The van der Waals surface area contributed by atoms with Crippen LogP contribution in [0.3, 0.4) is 0 Å². The van der Waals surface area contributed by atoms with Crippen LogP contribution in [0.4, 0.5) is 0 Å². The van der Waals surface area contributed by atoms with E-state index in [0.717, 1.165) is 11.6 Å². The molecule has 2 saturated heterocycles. The molecule has 0 aromatic carbocycles. The van der Waals surface area contributed by atoms with Gasteiger partial charge in [-0.15, -0.1) is 11.8 Å². The molecule has 2 aliphatic rings. The Morgan fingerprint density at radius 2 is 2.18 bits per heavy atom. The van der Waals surface area contributed by atoms with Crippen molar-refractivity contribution < 1.29 is 14.3 Å². The largest absolute Gasteiger partial charge is 0.378 e. The smallest absolute Gasteiger partial charge is 0.242 e. The molecule has 0 saturated carbocycles. The molecule has 2 amide bonds. The molecule has 17 heavy (non-hydrogen) atoms. The van der Waals surface area contributed by atoms with Crippen LogP contribution in [0.25, 0.3) is 0 Å². The first-order valence-electron chi connectivity index (χ1n) is 5.72. The van der Waals surface area contributed by atoms with Crippen molar-refractivity contribution in [3.63, 3.8) is 0 Å². The maximum Gasteiger partial charge on any atom is 0.242 e. The number of carbonyl (C=O) groups is 2. The Morgan fingerprint density at radius 1 is 1.41 bits per heavy atom. The van der Waals surface area contributed by atoms with Crippen LogP contribution >= 0.6 is 11.8 Å². The summed E-state index contributed by atoms with van der Waals surface area (Å²) in [5, 5.41) is 5.74. The molecule has 2 fully saturated rings. The van der Waals surface area contributed by atoms with Crippen LogP contribution in [0.5, 0.6) is 0 Å². The van der Waals surface area contributed by atoms with Gasteiger partial charge in [-0.3, -0.25) is 14.9 Å². The van der Waals surface area contributed by atoms with Crippen molar-refractivity contribution in [2.24, 2.45) is 0 Å². The third-order valence-electron chi connectivity index (χ3n) is 2.81. The topological polar surface area (TPSA) is 70.7 Å². The first kappa shape index (κ1) is 12.7. The van der Waals surface area contributed by atoms with Crippen LogP contribution in [-0.4, -0.2) is 67.2 Å². The van der Waals surface area contributed by atoms with E-state index in [1.807, 2.05) is 0 Å². The van der Waals surface area contributed by atoms with Crippen LogP contribution in [0.2, 0.25) is 0 Å². The number of rotatable bonds is 3. The fourth-order valence-electron chi connectivity index (χ4n) is 1.77. The van der Waals surface area contributed by atoms with E-state index in [1.165, 1.54) is 0 Å². The zero-order valence-electron chi connectivity index (χ0n) is 9.61. The number of morpholine rings is 1. The Bertz CT molecular complexity index is 289. The van der Waals surface area contributed by atoms with E-state index in [0.29, 0.717) is 26.3 Å². The van der Waals surface area contributed by atoms with E-state index in [9.17, 15) is 9.59 Å². The lowest BCUT2D eigenvalue weighted by atomic mass is 10.3. The molecule has 2 heterocycles. The zero-order valence-corrected chi connectivity index (χ0v) is 10.4. The van der Waals surface area contributed by atoms with Gasteiger partial charge in [-0.05, 0) is 0 Å². The molecular formula is C10H17N3O3S. The maximum atomic E-state index is 11.7. The van der Waals surface area contributed by atoms with Gasteiger partial charge in [0.2, 0.25) is 11.8 Å². The van der Waals surface area contributed by atoms with Crippen molar-refractivity contribution in [3.8, 4) is 0 Å². The van der Waals surface area contributed by atoms with Gasteiger partial charge in [-0.2, -0.15) is 0 Å². The van der Waals surface area contributed by atoms with Gasteiger partial charge in [0.15, 0.2) is 0 Å². The number of nitrogens with one attached hydrogen (secondary N) is 2. The summed E-state index contributed by atoms with van der Waals surface area (Å²) in [4.78, 5) is 25.1. The third-order valence-corrected chi connectivity index (χ3v) is 3.75. The first-order chi connectivity index (χ1) is 8.27. The highest BCUT2D eigenvalue weighted by Gasteiger charge is 2.23. The highest BCUT2D eigenvalue weighted by Crippen LogP contribution is 2.09. The Morgan fingerprint density at radius 3 is 2.82 bits per heavy atom. The van der Waals surface area contributed by atoms with Crippen molar-refractivity contribution in [1.82, 2.24) is 15.5 Å². The highest BCUT2D eigenvalue weighted by atomic mass is 32.2. The van der Waals surface area contributed by atoms with Gasteiger partial charge in [0.25, 0.3) is 0 Å². The Balaban J connectivity index is 1.69. The monoisotopic (exact) mass is 259 g/mol. The number of carbonyl (C=O) groups excluding carboxylic acids is 2. The lowest BCUT2D eigenvalue weighted by molar-refractivity contribution is -0.136. The summed E-state index contributed by atoms with van der Waals surface area (Å²) < 4.78 is 5.16. The fraction of sp³-hybridized carbons (Fsp3) is 0.800. The van der Waals surface area contributed by atoms with E-state index in [4.69, 9.17) is 4.74 Å². The molecule has 96 valence electrons. The van der Waals surface area contributed by atoms with Gasteiger partial charge in [-0.25, -0.2) is 0 Å². The quantitative estimate of drug-likeness (QED) is 0.654. The van der Waals surface area contributed by atoms with Gasteiger partial charge >= 0.3 is 0 Å². The van der Waals surface area contributed by atoms with Crippen molar-refractivity contribution >= 4 is 23.6 Å². The average molecular weight is 259 g/mol. The van der Waals surface area contributed by atoms with Gasteiger partial charge < -0.3 is 15.0 Å². The second-order valence-corrected chi connectivity index (χ2v) is 5.01. The normalized spacial score (nSPS) is 24.7. The first-order valence-corrected chi connectivity index (χ1v) is 6.87. The molecule has 0 radical (unpaired) electrons. The minimum Gasteiger partial charge on any atom is -0.378 e. The second kappa shape index (κ2) is 6.23. The van der Waals surface area contributed by atoms with Crippen molar-refractivity contribution in [2.45, 2.75) is 6.04 Å². The summed E-state index contributed by atoms with van der Waals surface area (Å²) in [6.07, 6.45) is 0. The maximum absolute atomic E-state index is 11.7. The molecule has 2 aliphatic heterocycles. The van der Waals surface area contributed by atoms with Crippen LogP contribution in [0.1, 0.15) is 0 Å². The van der Waals surface area contributed by atoms with Crippen molar-refractivity contribution in [1.29, 1.82) is 0 Å². The molecule has 1 atom stereocenters. The number of ether oxygens (including phenoxy) is 1. The molecule has 6 nitrogen and oxygen atoms in total. The second-order valence-electron chi connectivity index (χ2n) is 3.98. The molecule has 0 aromatic heterocycles. The van der Waals surface area contributed by atoms with E-state index in [1.54, 1.807) is 16.7 Å².